The molecule has 1 aliphatic heterocycles. The van der Waals surface area contributed by atoms with E-state index in [-0.39, 0.29) is 30.5 Å². The minimum atomic E-state index is -0.298. The Morgan fingerprint density at radius 1 is 1.69 bits per heavy atom. The van der Waals surface area contributed by atoms with Crippen LogP contribution < -0.4 is 10.6 Å². The number of hydrogen-bond acceptors (Lipinski definition) is 4. The Morgan fingerprint density at radius 2 is 2.50 bits per heavy atom. The number of carbonyl (C=O) groups is 1. The number of rotatable bonds is 2. The Bertz CT molecular complexity index is 330. The van der Waals surface area contributed by atoms with Crippen molar-refractivity contribution in [3.8, 4) is 0 Å². The van der Waals surface area contributed by atoms with Gasteiger partial charge >= 0.3 is 0 Å². The second-order valence-corrected chi connectivity index (χ2v) is 3.48. The second kappa shape index (κ2) is 5.83. The zero-order valence-electron chi connectivity index (χ0n) is 8.90. The van der Waals surface area contributed by atoms with Crippen LogP contribution >= 0.6 is 12.4 Å². The summed E-state index contributed by atoms with van der Waals surface area (Å²) in [4.78, 5) is 11.8. The third-order valence-electron chi connectivity index (χ3n) is 2.36. The first-order valence-corrected chi connectivity index (χ1v) is 4.92. The first-order chi connectivity index (χ1) is 7.27. The largest absolute Gasteiger partial charge is 0.375 e. The van der Waals surface area contributed by atoms with E-state index in [1.807, 2.05) is 6.92 Å². The van der Waals surface area contributed by atoms with Gasteiger partial charge in [-0.2, -0.15) is 5.10 Å². The van der Waals surface area contributed by atoms with Crippen LogP contribution in [0.3, 0.4) is 0 Å². The molecule has 2 atom stereocenters. The summed E-state index contributed by atoms with van der Waals surface area (Å²) >= 11 is 0. The predicted molar refractivity (Wildman–Crippen MR) is 61.7 cm³/mol. The van der Waals surface area contributed by atoms with Crippen molar-refractivity contribution in [3.05, 3.63) is 12.4 Å². The van der Waals surface area contributed by atoms with Crippen LogP contribution in [0.2, 0.25) is 0 Å². The normalized spacial score (nSPS) is 24.6. The highest BCUT2D eigenvalue weighted by molar-refractivity contribution is 5.95. The van der Waals surface area contributed by atoms with Crippen molar-refractivity contribution in [1.29, 1.82) is 0 Å². The molecule has 2 heterocycles. The number of H-pyrrole nitrogens is 1. The van der Waals surface area contributed by atoms with E-state index in [1.54, 1.807) is 12.4 Å². The molecule has 1 aliphatic rings. The third-order valence-corrected chi connectivity index (χ3v) is 2.36. The summed E-state index contributed by atoms with van der Waals surface area (Å²) in [5.74, 6) is -0.0939. The van der Waals surface area contributed by atoms with E-state index < -0.39 is 0 Å². The second-order valence-electron chi connectivity index (χ2n) is 3.48. The van der Waals surface area contributed by atoms with E-state index in [9.17, 15) is 4.79 Å². The monoisotopic (exact) mass is 246 g/mol. The molecule has 90 valence electrons. The molecular formula is C9H15ClN4O2. The molecule has 0 saturated carbocycles. The minimum Gasteiger partial charge on any atom is -0.375 e. The highest BCUT2D eigenvalue weighted by atomic mass is 35.5. The molecule has 7 heteroatoms. The fourth-order valence-electron chi connectivity index (χ4n) is 1.57. The van der Waals surface area contributed by atoms with Crippen molar-refractivity contribution in [3.63, 3.8) is 0 Å². The van der Waals surface area contributed by atoms with Gasteiger partial charge in [-0.15, -0.1) is 12.4 Å². The maximum atomic E-state index is 11.8. The molecule has 2 rings (SSSR count). The van der Waals surface area contributed by atoms with E-state index >= 15 is 0 Å². The first-order valence-electron chi connectivity index (χ1n) is 4.92. The number of morpholine rings is 1. The van der Waals surface area contributed by atoms with Gasteiger partial charge < -0.3 is 15.4 Å². The number of anilines is 1. The van der Waals surface area contributed by atoms with Gasteiger partial charge in [-0.3, -0.25) is 9.89 Å². The Labute approximate surface area is 99.5 Å². The van der Waals surface area contributed by atoms with E-state index in [2.05, 4.69) is 20.8 Å². The molecular weight excluding hydrogens is 232 g/mol. The molecule has 0 unspecified atom stereocenters. The Morgan fingerprint density at radius 3 is 3.12 bits per heavy atom. The molecule has 0 spiro atoms. The summed E-state index contributed by atoms with van der Waals surface area (Å²) in [5.41, 5.74) is 0.666. The number of ether oxygens (including phenoxy) is 1. The molecule has 0 aromatic carbocycles. The number of nitrogens with zero attached hydrogens (tertiary/aromatic N) is 1. The van der Waals surface area contributed by atoms with Gasteiger partial charge in [0, 0.05) is 12.7 Å². The predicted octanol–water partition coefficient (Wildman–Crippen LogP) is 0.147. The van der Waals surface area contributed by atoms with Gasteiger partial charge in [0.25, 0.3) is 0 Å². The molecule has 6 nitrogen and oxygen atoms in total. The van der Waals surface area contributed by atoms with Crippen LogP contribution in [0.5, 0.6) is 0 Å². The Balaban J connectivity index is 0.00000128. The molecule has 1 aromatic heterocycles. The lowest BCUT2D eigenvalue weighted by Crippen LogP contribution is -2.53. The van der Waals surface area contributed by atoms with Crippen molar-refractivity contribution in [2.75, 3.05) is 18.5 Å². The molecule has 0 radical (unpaired) electrons. The van der Waals surface area contributed by atoms with Gasteiger partial charge in [0.1, 0.15) is 6.04 Å². The topological polar surface area (TPSA) is 79.0 Å². The van der Waals surface area contributed by atoms with Gasteiger partial charge in [0.05, 0.1) is 24.6 Å². The van der Waals surface area contributed by atoms with Gasteiger partial charge in [0.15, 0.2) is 0 Å². The summed E-state index contributed by atoms with van der Waals surface area (Å²) in [7, 11) is 0. The van der Waals surface area contributed by atoms with E-state index in [4.69, 9.17) is 4.74 Å². The van der Waals surface area contributed by atoms with Crippen LogP contribution in [0.4, 0.5) is 5.69 Å². The summed E-state index contributed by atoms with van der Waals surface area (Å²) in [5, 5.41) is 12.2. The summed E-state index contributed by atoms with van der Waals surface area (Å²) in [6.45, 7) is 3.23. The lowest BCUT2D eigenvalue weighted by molar-refractivity contribution is -0.123. The molecule has 0 bridgehead atoms. The Hall–Kier alpha value is -1.11. The van der Waals surface area contributed by atoms with Crippen LogP contribution in [0.1, 0.15) is 6.92 Å². The minimum absolute atomic E-state index is 0. The third kappa shape index (κ3) is 2.94. The number of aromatic nitrogens is 2. The fourth-order valence-corrected chi connectivity index (χ4v) is 1.57. The number of hydrogen-bond donors (Lipinski definition) is 3. The van der Waals surface area contributed by atoms with E-state index in [0.717, 1.165) is 0 Å². The van der Waals surface area contributed by atoms with Crippen molar-refractivity contribution in [1.82, 2.24) is 15.5 Å². The quantitative estimate of drug-likeness (QED) is 0.694. The zero-order valence-corrected chi connectivity index (χ0v) is 9.71. The molecule has 1 aromatic rings. The van der Waals surface area contributed by atoms with Gasteiger partial charge in [-0.25, -0.2) is 0 Å². The zero-order chi connectivity index (χ0) is 10.7. The average molecular weight is 247 g/mol. The highest BCUT2D eigenvalue weighted by Crippen LogP contribution is 2.08. The van der Waals surface area contributed by atoms with Gasteiger partial charge in [-0.05, 0) is 6.92 Å². The van der Waals surface area contributed by atoms with Crippen LogP contribution in [-0.2, 0) is 9.53 Å². The molecule has 0 aliphatic carbocycles. The summed E-state index contributed by atoms with van der Waals surface area (Å²) in [6.07, 6.45) is 3.09. The molecule has 1 saturated heterocycles. The summed E-state index contributed by atoms with van der Waals surface area (Å²) in [6, 6.07) is -0.298. The average Bonchev–Trinajstić information content (AvgIpc) is 2.71. The van der Waals surface area contributed by atoms with E-state index in [0.29, 0.717) is 18.8 Å². The van der Waals surface area contributed by atoms with Crippen molar-refractivity contribution in [2.45, 2.75) is 19.1 Å². The van der Waals surface area contributed by atoms with Crippen molar-refractivity contribution in [2.24, 2.45) is 0 Å². The van der Waals surface area contributed by atoms with Crippen LogP contribution in [0.25, 0.3) is 0 Å². The van der Waals surface area contributed by atoms with Crippen LogP contribution in [-0.4, -0.2) is 41.4 Å². The highest BCUT2D eigenvalue weighted by Gasteiger charge is 2.28. The number of halogens is 1. The number of carbonyl (C=O) groups excluding carboxylic acids is 1. The standard InChI is InChI=1S/C9H14N4O2.ClH/c1-6-8(10-2-3-15-6)9(14)13-7-4-11-12-5-7;/h4-6,8,10H,2-3H2,1H3,(H,11,12)(H,13,14);1H/t6-,8+;/m1./s1. The summed E-state index contributed by atoms with van der Waals surface area (Å²) < 4.78 is 5.38. The number of aromatic amines is 1. The smallest absolute Gasteiger partial charge is 0.244 e. The van der Waals surface area contributed by atoms with Crippen LogP contribution in [0.15, 0.2) is 12.4 Å². The molecule has 16 heavy (non-hydrogen) atoms. The van der Waals surface area contributed by atoms with Crippen LogP contribution in [0, 0.1) is 0 Å². The number of nitrogens with one attached hydrogen (secondary N) is 3. The van der Waals surface area contributed by atoms with Gasteiger partial charge in [-0.1, -0.05) is 0 Å². The molecule has 1 fully saturated rings. The first kappa shape index (κ1) is 13.0. The lowest BCUT2D eigenvalue weighted by atomic mass is 10.1. The lowest BCUT2D eigenvalue weighted by Gasteiger charge is -2.29. The maximum absolute atomic E-state index is 11.8. The van der Waals surface area contributed by atoms with Crippen molar-refractivity contribution >= 4 is 24.0 Å². The molecule has 1 amide bonds. The maximum Gasteiger partial charge on any atom is 0.244 e. The van der Waals surface area contributed by atoms with E-state index in [1.165, 1.54) is 0 Å². The van der Waals surface area contributed by atoms with Crippen molar-refractivity contribution < 1.29 is 9.53 Å². The number of amides is 1. The van der Waals surface area contributed by atoms with Gasteiger partial charge in [0.2, 0.25) is 5.91 Å². The molecule has 3 N–H and O–H groups in total. The fraction of sp³-hybridized carbons (Fsp3) is 0.556. The SMILES string of the molecule is C[C@H]1OCCN[C@@H]1C(=O)Nc1cn[nH]c1.Cl. The Kier molecular flexibility index (Phi) is 4.72.